The SMILES string of the molecule is [2H]c1c([2H])c([2H])c(-c2c3ccccc3c(-c3ccc(-c4ccc5oc6ccccc6c5c4-c4ccc5oc6ccccc6c5c4)cc3)c3ccccc23)c([2H])c1[2H]. The number of furan rings is 2. The van der Waals surface area contributed by atoms with Gasteiger partial charge in [-0.05, 0) is 90.8 Å². The third kappa shape index (κ3) is 4.31. The second-order valence-corrected chi connectivity index (χ2v) is 13.2. The first-order valence-electron chi connectivity index (χ1n) is 19.8. The predicted octanol–water partition coefficient (Wildman–Crippen LogP) is 14.5. The zero-order chi connectivity index (χ0) is 38.5. The fourth-order valence-corrected chi connectivity index (χ4v) is 8.14. The molecule has 2 heterocycles. The van der Waals surface area contributed by atoms with Crippen LogP contribution in [0.3, 0.4) is 0 Å². The maximum atomic E-state index is 8.89. The first-order chi connectivity index (χ1) is 27.9. The topological polar surface area (TPSA) is 26.3 Å². The molecule has 242 valence electrons. The number of hydrogen-bond donors (Lipinski definition) is 0. The summed E-state index contributed by atoms with van der Waals surface area (Å²) < 4.78 is 55.6. The number of para-hydroxylation sites is 2. The molecule has 0 aliphatic heterocycles. The molecule has 0 aliphatic carbocycles. The summed E-state index contributed by atoms with van der Waals surface area (Å²) in [5.74, 6) is 0. The maximum Gasteiger partial charge on any atom is 0.136 e. The lowest BCUT2D eigenvalue weighted by Gasteiger charge is -2.18. The lowest BCUT2D eigenvalue weighted by atomic mass is 9.85. The van der Waals surface area contributed by atoms with Crippen LogP contribution in [0.2, 0.25) is 0 Å². The van der Waals surface area contributed by atoms with Gasteiger partial charge in [0.25, 0.3) is 0 Å². The van der Waals surface area contributed by atoms with Crippen molar-refractivity contribution >= 4 is 65.4 Å². The third-order valence-electron chi connectivity index (χ3n) is 10.4. The average Bonchev–Trinajstić information content (AvgIpc) is 3.83. The van der Waals surface area contributed by atoms with Crippen LogP contribution in [0.1, 0.15) is 6.85 Å². The van der Waals surface area contributed by atoms with Crippen LogP contribution in [0.4, 0.5) is 0 Å². The van der Waals surface area contributed by atoms with Gasteiger partial charge in [0.05, 0.1) is 6.85 Å². The van der Waals surface area contributed by atoms with Gasteiger partial charge in [0.15, 0.2) is 0 Å². The van der Waals surface area contributed by atoms with Crippen molar-refractivity contribution < 1.29 is 15.7 Å². The molecule has 0 aliphatic rings. The molecule has 2 nitrogen and oxygen atoms in total. The quantitative estimate of drug-likeness (QED) is 0.175. The van der Waals surface area contributed by atoms with Gasteiger partial charge in [-0.1, -0.05) is 152 Å². The largest absolute Gasteiger partial charge is 0.456 e. The molecule has 0 spiro atoms. The van der Waals surface area contributed by atoms with Gasteiger partial charge in [-0.25, -0.2) is 0 Å². The highest BCUT2D eigenvalue weighted by atomic mass is 16.3. The van der Waals surface area contributed by atoms with E-state index in [-0.39, 0.29) is 29.7 Å². The van der Waals surface area contributed by atoms with Crippen molar-refractivity contribution in [3.8, 4) is 44.5 Å². The van der Waals surface area contributed by atoms with Gasteiger partial charge < -0.3 is 8.83 Å². The minimum absolute atomic E-state index is 0.201. The summed E-state index contributed by atoms with van der Waals surface area (Å²) in [6, 6.07) is 49.9. The predicted molar refractivity (Wildman–Crippen MR) is 218 cm³/mol. The molecule has 2 heteroatoms. The van der Waals surface area contributed by atoms with E-state index >= 15 is 0 Å². The Morgan fingerprint density at radius 1 is 0.327 bits per heavy atom. The lowest BCUT2D eigenvalue weighted by Crippen LogP contribution is -1.91. The Balaban J connectivity index is 1.14. The monoisotopic (exact) mass is 667 g/mol. The van der Waals surface area contributed by atoms with Crippen molar-refractivity contribution in [3.63, 3.8) is 0 Å². The lowest BCUT2D eigenvalue weighted by molar-refractivity contribution is 0.669. The van der Waals surface area contributed by atoms with Crippen molar-refractivity contribution in [1.29, 1.82) is 0 Å². The van der Waals surface area contributed by atoms with E-state index in [2.05, 4.69) is 78.9 Å². The van der Waals surface area contributed by atoms with Gasteiger partial charge in [0, 0.05) is 27.1 Å². The third-order valence-corrected chi connectivity index (χ3v) is 10.4. The highest BCUT2D eigenvalue weighted by molar-refractivity contribution is 6.22. The fourth-order valence-electron chi connectivity index (χ4n) is 8.14. The number of benzene rings is 9. The van der Waals surface area contributed by atoms with Crippen LogP contribution in [-0.2, 0) is 0 Å². The second kappa shape index (κ2) is 11.3. The molecule has 0 N–H and O–H groups in total. The molecule has 2 aromatic heterocycles. The minimum atomic E-state index is -0.405. The van der Waals surface area contributed by atoms with Crippen molar-refractivity contribution in [1.82, 2.24) is 0 Å². The highest BCUT2D eigenvalue weighted by Crippen LogP contribution is 2.46. The Morgan fingerprint density at radius 3 is 1.48 bits per heavy atom. The van der Waals surface area contributed by atoms with Crippen molar-refractivity contribution in [2.75, 3.05) is 0 Å². The van der Waals surface area contributed by atoms with Gasteiger partial charge in [-0.15, -0.1) is 0 Å². The number of rotatable bonds is 4. The van der Waals surface area contributed by atoms with Gasteiger partial charge in [0.1, 0.15) is 22.3 Å². The first kappa shape index (κ1) is 24.3. The minimum Gasteiger partial charge on any atom is -0.456 e. The number of hydrogen-bond acceptors (Lipinski definition) is 2. The van der Waals surface area contributed by atoms with Crippen molar-refractivity contribution in [3.05, 3.63) is 182 Å². The summed E-state index contributed by atoms with van der Waals surface area (Å²) in [6.45, 7) is 0. The molecule has 0 unspecified atom stereocenters. The second-order valence-electron chi connectivity index (χ2n) is 13.2. The highest BCUT2D eigenvalue weighted by Gasteiger charge is 2.20. The zero-order valence-electron chi connectivity index (χ0n) is 32.8. The standard InChI is InChI=1S/C50H30O2/c1-2-12-32(13-3-1)47-37-15-4-6-17-39(37)48(40-18-7-5-16-38(40)47)33-24-22-31(23-25-33)35-27-29-46-50(41-19-9-11-21-44(41)52-46)49(35)34-26-28-45-42(30-34)36-14-8-10-20-43(36)51-45/h1-30H/i1D,2D,3D,12D,13D. The molecule has 0 fully saturated rings. The molecule has 0 saturated carbocycles. The van der Waals surface area contributed by atoms with Gasteiger partial charge >= 0.3 is 0 Å². The Labute approximate surface area is 306 Å². The molecular formula is C50H30O2. The summed E-state index contributed by atoms with van der Waals surface area (Å²) in [7, 11) is 0. The Bertz CT molecular complexity index is 3380. The van der Waals surface area contributed by atoms with Crippen LogP contribution < -0.4 is 0 Å². The van der Waals surface area contributed by atoms with Crippen LogP contribution in [0.5, 0.6) is 0 Å². The summed E-state index contributed by atoms with van der Waals surface area (Å²) in [5, 5.41) is 7.72. The van der Waals surface area contributed by atoms with E-state index in [1.165, 1.54) is 0 Å². The molecule has 11 rings (SSSR count). The van der Waals surface area contributed by atoms with E-state index in [0.717, 1.165) is 98.8 Å². The zero-order valence-corrected chi connectivity index (χ0v) is 27.8. The number of fused-ring (bicyclic) bond motifs is 8. The summed E-state index contributed by atoms with van der Waals surface area (Å²) >= 11 is 0. The van der Waals surface area contributed by atoms with E-state index in [1.807, 2.05) is 72.8 Å². The average molecular weight is 668 g/mol. The van der Waals surface area contributed by atoms with Crippen LogP contribution in [0.15, 0.2) is 191 Å². The first-order valence-corrected chi connectivity index (χ1v) is 17.3. The van der Waals surface area contributed by atoms with Crippen LogP contribution in [0, 0.1) is 0 Å². The van der Waals surface area contributed by atoms with Crippen LogP contribution >= 0.6 is 0 Å². The van der Waals surface area contributed by atoms with Gasteiger partial charge in [-0.3, -0.25) is 0 Å². The van der Waals surface area contributed by atoms with Crippen LogP contribution in [0.25, 0.3) is 110 Å². The molecule has 9 aromatic carbocycles. The smallest absolute Gasteiger partial charge is 0.136 e. The summed E-state index contributed by atoms with van der Waals surface area (Å²) in [5.41, 5.74) is 10.4. The molecule has 11 aromatic rings. The van der Waals surface area contributed by atoms with E-state index in [9.17, 15) is 0 Å². The molecular weight excluding hydrogens is 633 g/mol. The Kier molecular flexibility index (Phi) is 5.28. The molecule has 0 atom stereocenters. The Morgan fingerprint density at radius 2 is 0.808 bits per heavy atom. The normalized spacial score (nSPS) is 13.2. The summed E-state index contributed by atoms with van der Waals surface area (Å²) in [6.07, 6.45) is 0. The Hall–Kier alpha value is -6.90. The molecule has 0 amide bonds. The maximum absolute atomic E-state index is 8.89. The van der Waals surface area contributed by atoms with Gasteiger partial charge in [0.2, 0.25) is 0 Å². The van der Waals surface area contributed by atoms with Crippen LogP contribution in [-0.4, -0.2) is 0 Å². The van der Waals surface area contributed by atoms with Gasteiger partial charge in [-0.2, -0.15) is 0 Å². The van der Waals surface area contributed by atoms with E-state index in [4.69, 9.17) is 15.7 Å². The van der Waals surface area contributed by atoms with E-state index in [1.54, 1.807) is 0 Å². The fraction of sp³-hybridized carbons (Fsp3) is 0. The van der Waals surface area contributed by atoms with E-state index in [0.29, 0.717) is 5.56 Å². The van der Waals surface area contributed by atoms with E-state index < -0.39 is 6.04 Å². The van der Waals surface area contributed by atoms with Crippen molar-refractivity contribution in [2.24, 2.45) is 0 Å². The molecule has 52 heavy (non-hydrogen) atoms. The molecule has 0 bridgehead atoms. The molecule has 0 saturated heterocycles. The van der Waals surface area contributed by atoms with Crippen molar-refractivity contribution in [2.45, 2.75) is 0 Å². The summed E-state index contributed by atoms with van der Waals surface area (Å²) in [4.78, 5) is 0. The molecule has 0 radical (unpaired) electrons.